The molecule has 0 bridgehead atoms. The number of rotatable bonds is 6. The SMILES string of the molecule is CCCN(CCO)S(=O)(=O)c1c(C)c(C)cc(C)c1C. The van der Waals surface area contributed by atoms with Gasteiger partial charge in [-0.3, -0.25) is 0 Å². The Kier molecular flexibility index (Phi) is 5.74. The summed E-state index contributed by atoms with van der Waals surface area (Å²) in [5, 5.41) is 9.12. The van der Waals surface area contributed by atoms with Crippen molar-refractivity contribution in [3.05, 3.63) is 28.3 Å². The summed E-state index contributed by atoms with van der Waals surface area (Å²) in [5.74, 6) is 0. The molecule has 0 radical (unpaired) electrons. The largest absolute Gasteiger partial charge is 0.395 e. The highest BCUT2D eigenvalue weighted by atomic mass is 32.2. The van der Waals surface area contributed by atoms with Crippen LogP contribution in [0.2, 0.25) is 0 Å². The number of benzene rings is 1. The third-order valence-electron chi connectivity index (χ3n) is 3.72. The fraction of sp³-hybridized carbons (Fsp3) is 0.600. The maximum atomic E-state index is 12.9. The van der Waals surface area contributed by atoms with Crippen molar-refractivity contribution in [2.45, 2.75) is 45.9 Å². The Morgan fingerprint density at radius 2 is 1.55 bits per heavy atom. The van der Waals surface area contributed by atoms with Crippen LogP contribution >= 0.6 is 0 Å². The summed E-state index contributed by atoms with van der Waals surface area (Å²) in [6, 6.07) is 2.01. The van der Waals surface area contributed by atoms with E-state index in [9.17, 15) is 8.42 Å². The summed E-state index contributed by atoms with van der Waals surface area (Å²) in [5.41, 5.74) is 3.55. The van der Waals surface area contributed by atoms with Gasteiger partial charge in [0.25, 0.3) is 0 Å². The molecule has 1 aromatic rings. The normalized spacial score (nSPS) is 12.2. The lowest BCUT2D eigenvalue weighted by molar-refractivity contribution is 0.253. The Labute approximate surface area is 122 Å². The Balaban J connectivity index is 3.48. The minimum absolute atomic E-state index is 0.141. The van der Waals surface area contributed by atoms with Crippen molar-refractivity contribution < 1.29 is 13.5 Å². The molecule has 1 aromatic carbocycles. The molecule has 1 rings (SSSR count). The topological polar surface area (TPSA) is 57.6 Å². The second-order valence-electron chi connectivity index (χ2n) is 5.22. The van der Waals surface area contributed by atoms with Crippen LogP contribution in [0.15, 0.2) is 11.0 Å². The predicted molar refractivity (Wildman–Crippen MR) is 81.5 cm³/mol. The zero-order chi connectivity index (χ0) is 15.5. The molecule has 0 heterocycles. The van der Waals surface area contributed by atoms with Crippen LogP contribution in [0, 0.1) is 27.7 Å². The van der Waals surface area contributed by atoms with Crippen LogP contribution in [0.5, 0.6) is 0 Å². The molecule has 114 valence electrons. The first-order valence-electron chi connectivity index (χ1n) is 6.95. The van der Waals surface area contributed by atoms with Gasteiger partial charge in [-0.15, -0.1) is 0 Å². The molecule has 4 nitrogen and oxygen atoms in total. The molecule has 1 N–H and O–H groups in total. The Bertz CT molecular complexity index is 547. The van der Waals surface area contributed by atoms with Gasteiger partial charge in [0, 0.05) is 13.1 Å². The van der Waals surface area contributed by atoms with Crippen molar-refractivity contribution in [1.29, 1.82) is 0 Å². The zero-order valence-electron chi connectivity index (χ0n) is 13.0. The lowest BCUT2D eigenvalue weighted by Gasteiger charge is -2.24. The molecule has 20 heavy (non-hydrogen) atoms. The average Bonchev–Trinajstić information content (AvgIpc) is 2.36. The number of aliphatic hydroxyl groups is 1. The molecule has 0 aromatic heterocycles. The van der Waals surface area contributed by atoms with Gasteiger partial charge >= 0.3 is 0 Å². The fourth-order valence-corrected chi connectivity index (χ4v) is 4.51. The van der Waals surface area contributed by atoms with Crippen LogP contribution < -0.4 is 0 Å². The monoisotopic (exact) mass is 299 g/mol. The summed E-state index contributed by atoms with van der Waals surface area (Å²) in [4.78, 5) is 0.400. The third kappa shape index (κ3) is 3.22. The standard InChI is InChI=1S/C15H25NO3S/c1-6-7-16(8-9-17)20(18,19)15-13(4)11(2)10-12(3)14(15)5/h10,17H,6-9H2,1-5H3. The predicted octanol–water partition coefficient (Wildman–Crippen LogP) is 2.31. The molecular weight excluding hydrogens is 274 g/mol. The first-order chi connectivity index (χ1) is 9.27. The van der Waals surface area contributed by atoms with Crippen LogP contribution in [-0.2, 0) is 10.0 Å². The molecule has 0 aliphatic rings. The lowest BCUT2D eigenvalue weighted by Crippen LogP contribution is -2.35. The van der Waals surface area contributed by atoms with E-state index in [1.54, 1.807) is 0 Å². The molecule has 0 saturated carbocycles. The van der Waals surface area contributed by atoms with Gasteiger partial charge in [-0.1, -0.05) is 13.0 Å². The van der Waals surface area contributed by atoms with Crippen molar-refractivity contribution in [3.63, 3.8) is 0 Å². The second-order valence-corrected chi connectivity index (χ2v) is 7.09. The van der Waals surface area contributed by atoms with E-state index >= 15 is 0 Å². The number of hydrogen-bond donors (Lipinski definition) is 1. The number of sulfonamides is 1. The first-order valence-corrected chi connectivity index (χ1v) is 8.39. The van der Waals surface area contributed by atoms with Gasteiger partial charge < -0.3 is 5.11 Å². The molecule has 0 spiro atoms. The smallest absolute Gasteiger partial charge is 0.243 e. The van der Waals surface area contributed by atoms with Gasteiger partial charge in [0.1, 0.15) is 0 Å². The number of nitrogens with zero attached hydrogens (tertiary/aromatic N) is 1. The summed E-state index contributed by atoms with van der Waals surface area (Å²) in [6.07, 6.45) is 0.724. The number of aryl methyl sites for hydroxylation is 2. The van der Waals surface area contributed by atoms with Gasteiger partial charge in [-0.25, -0.2) is 8.42 Å². The zero-order valence-corrected chi connectivity index (χ0v) is 13.8. The summed E-state index contributed by atoms with van der Waals surface area (Å²) in [7, 11) is -3.56. The number of aliphatic hydroxyl groups excluding tert-OH is 1. The lowest BCUT2D eigenvalue weighted by atomic mass is 10.0. The van der Waals surface area contributed by atoms with Gasteiger partial charge in [0.15, 0.2) is 0 Å². The molecule has 0 aliphatic carbocycles. The molecule has 0 saturated heterocycles. The van der Waals surface area contributed by atoms with Crippen LogP contribution in [0.1, 0.15) is 35.6 Å². The summed E-state index contributed by atoms with van der Waals surface area (Å²) < 4.78 is 27.1. The van der Waals surface area contributed by atoms with Gasteiger partial charge in [0.05, 0.1) is 11.5 Å². The van der Waals surface area contributed by atoms with E-state index < -0.39 is 10.0 Å². The summed E-state index contributed by atoms with van der Waals surface area (Å²) >= 11 is 0. The molecule has 0 unspecified atom stereocenters. The van der Waals surface area contributed by atoms with E-state index in [1.807, 2.05) is 40.7 Å². The van der Waals surface area contributed by atoms with Gasteiger partial charge in [-0.05, 0) is 56.4 Å². The minimum Gasteiger partial charge on any atom is -0.395 e. The van der Waals surface area contributed by atoms with E-state index in [1.165, 1.54) is 4.31 Å². The van der Waals surface area contributed by atoms with E-state index in [4.69, 9.17) is 5.11 Å². The maximum Gasteiger partial charge on any atom is 0.243 e. The quantitative estimate of drug-likeness (QED) is 0.877. The van der Waals surface area contributed by atoms with Crippen molar-refractivity contribution >= 4 is 10.0 Å². The average molecular weight is 299 g/mol. The number of hydrogen-bond acceptors (Lipinski definition) is 3. The highest BCUT2D eigenvalue weighted by Crippen LogP contribution is 2.28. The van der Waals surface area contributed by atoms with Crippen molar-refractivity contribution in [2.24, 2.45) is 0 Å². The second kappa shape index (κ2) is 6.70. The first kappa shape index (κ1) is 17.1. The van der Waals surface area contributed by atoms with Crippen LogP contribution in [0.25, 0.3) is 0 Å². The van der Waals surface area contributed by atoms with E-state index in [0.717, 1.165) is 28.7 Å². The van der Waals surface area contributed by atoms with Crippen molar-refractivity contribution in [1.82, 2.24) is 4.31 Å². The highest BCUT2D eigenvalue weighted by molar-refractivity contribution is 7.89. The Hall–Kier alpha value is -0.910. The van der Waals surface area contributed by atoms with Crippen LogP contribution in [0.4, 0.5) is 0 Å². The molecule has 0 aliphatic heterocycles. The summed E-state index contributed by atoms with van der Waals surface area (Å²) in [6.45, 7) is 9.88. The van der Waals surface area contributed by atoms with E-state index in [0.29, 0.717) is 11.4 Å². The van der Waals surface area contributed by atoms with E-state index in [-0.39, 0.29) is 13.2 Å². The molecule has 0 amide bonds. The molecule has 5 heteroatoms. The fourth-order valence-electron chi connectivity index (χ4n) is 2.41. The third-order valence-corrected chi connectivity index (χ3v) is 5.89. The molecule has 0 atom stereocenters. The van der Waals surface area contributed by atoms with Crippen LogP contribution in [-0.4, -0.2) is 37.5 Å². The molecular formula is C15H25NO3S. The maximum absolute atomic E-state index is 12.9. The Morgan fingerprint density at radius 1 is 1.05 bits per heavy atom. The minimum atomic E-state index is -3.56. The van der Waals surface area contributed by atoms with Crippen LogP contribution in [0.3, 0.4) is 0 Å². The Morgan fingerprint density at radius 3 is 1.95 bits per heavy atom. The van der Waals surface area contributed by atoms with Gasteiger partial charge in [0.2, 0.25) is 10.0 Å². The van der Waals surface area contributed by atoms with E-state index in [2.05, 4.69) is 0 Å². The van der Waals surface area contributed by atoms with Crippen molar-refractivity contribution in [2.75, 3.05) is 19.7 Å². The highest BCUT2D eigenvalue weighted by Gasteiger charge is 2.28. The van der Waals surface area contributed by atoms with Crippen molar-refractivity contribution in [3.8, 4) is 0 Å². The van der Waals surface area contributed by atoms with Gasteiger partial charge in [-0.2, -0.15) is 4.31 Å². The molecule has 0 fully saturated rings.